The monoisotopic (exact) mass is 341 g/mol. The minimum Gasteiger partial charge on any atom is -0.306 e. The lowest BCUT2D eigenvalue weighted by atomic mass is 10.0. The summed E-state index contributed by atoms with van der Waals surface area (Å²) in [6.45, 7) is 2.97. The highest BCUT2D eigenvalue weighted by molar-refractivity contribution is 9.10. The van der Waals surface area contributed by atoms with Gasteiger partial charge in [0.1, 0.15) is 0 Å². The van der Waals surface area contributed by atoms with Gasteiger partial charge in [-0.25, -0.2) is 0 Å². The van der Waals surface area contributed by atoms with Gasteiger partial charge in [0, 0.05) is 18.7 Å². The topological polar surface area (TPSA) is 49.6 Å². The number of halogens is 1. The maximum atomic E-state index is 11.0. The van der Waals surface area contributed by atoms with E-state index < -0.39 is 0 Å². The fraction of sp³-hybridized carbons (Fsp3) is 0.571. The van der Waals surface area contributed by atoms with Gasteiger partial charge >= 0.3 is 0 Å². The first-order chi connectivity index (χ1) is 9.49. The minimum absolute atomic E-state index is 0.138. The summed E-state index contributed by atoms with van der Waals surface area (Å²) in [5.41, 5.74) is 1.11. The number of benzene rings is 1. The molecular weight excluding hydrogens is 322 g/mol. The van der Waals surface area contributed by atoms with Crippen LogP contribution in [0.4, 0.5) is 5.69 Å². The van der Waals surface area contributed by atoms with Gasteiger partial charge in [-0.3, -0.25) is 15.0 Å². The first-order valence-corrected chi connectivity index (χ1v) is 7.59. The zero-order chi connectivity index (χ0) is 14.7. The van der Waals surface area contributed by atoms with E-state index in [1.807, 2.05) is 6.07 Å². The molecule has 0 saturated carbocycles. The van der Waals surface area contributed by atoms with Gasteiger partial charge in [0.25, 0.3) is 5.69 Å². The fourth-order valence-electron chi connectivity index (χ4n) is 2.66. The molecule has 6 heteroatoms. The standard InChI is InChI=1S/C14H20BrN3O2/c1-16-8-6-12(7-9-16)17(2)10-11-4-3-5-13(14(11)15)18(19)20/h3-5,12H,6-10H2,1-2H3. The van der Waals surface area contributed by atoms with Gasteiger partial charge in [-0.05, 0) is 61.5 Å². The Kier molecular flexibility index (Phi) is 5.12. The number of nitro groups is 1. The second-order valence-electron chi connectivity index (χ2n) is 5.46. The van der Waals surface area contributed by atoms with Crippen molar-refractivity contribution in [3.05, 3.63) is 38.3 Å². The highest BCUT2D eigenvalue weighted by atomic mass is 79.9. The van der Waals surface area contributed by atoms with E-state index >= 15 is 0 Å². The average Bonchev–Trinajstić information content (AvgIpc) is 2.41. The van der Waals surface area contributed by atoms with Crippen LogP contribution in [0, 0.1) is 10.1 Å². The van der Waals surface area contributed by atoms with Crippen LogP contribution < -0.4 is 0 Å². The molecule has 0 spiro atoms. The number of likely N-dealkylation sites (tertiary alicyclic amines) is 1. The Labute approximate surface area is 127 Å². The maximum absolute atomic E-state index is 11.0. The predicted molar refractivity (Wildman–Crippen MR) is 82.8 cm³/mol. The van der Waals surface area contributed by atoms with Gasteiger partial charge in [0.15, 0.2) is 0 Å². The van der Waals surface area contributed by atoms with Crippen LogP contribution in [-0.4, -0.2) is 47.9 Å². The zero-order valence-electron chi connectivity index (χ0n) is 11.9. The summed E-state index contributed by atoms with van der Waals surface area (Å²) in [4.78, 5) is 15.3. The van der Waals surface area contributed by atoms with Crippen molar-refractivity contribution in [2.24, 2.45) is 0 Å². The van der Waals surface area contributed by atoms with Crippen LogP contribution in [0.1, 0.15) is 18.4 Å². The van der Waals surface area contributed by atoms with Gasteiger partial charge in [-0.1, -0.05) is 12.1 Å². The van der Waals surface area contributed by atoms with Gasteiger partial charge in [0.2, 0.25) is 0 Å². The van der Waals surface area contributed by atoms with E-state index in [4.69, 9.17) is 0 Å². The molecule has 0 radical (unpaired) electrons. The first-order valence-electron chi connectivity index (χ1n) is 6.79. The van der Waals surface area contributed by atoms with Crippen molar-refractivity contribution < 1.29 is 4.92 Å². The number of rotatable bonds is 4. The molecule has 0 unspecified atom stereocenters. The molecule has 1 heterocycles. The third-order valence-corrected chi connectivity index (χ3v) is 4.90. The third-order valence-electron chi connectivity index (χ3n) is 3.99. The Bertz CT molecular complexity index is 487. The summed E-state index contributed by atoms with van der Waals surface area (Å²) in [5, 5.41) is 11.0. The van der Waals surface area contributed by atoms with E-state index in [9.17, 15) is 10.1 Å². The molecule has 0 N–H and O–H groups in total. The summed E-state index contributed by atoms with van der Waals surface area (Å²) in [7, 11) is 4.24. The van der Waals surface area contributed by atoms with Crippen LogP contribution in [0.15, 0.2) is 22.7 Å². The molecule has 1 fully saturated rings. The molecule has 0 aromatic heterocycles. The van der Waals surface area contributed by atoms with Gasteiger partial charge in [0.05, 0.1) is 9.40 Å². The molecule has 0 atom stereocenters. The van der Waals surface area contributed by atoms with Crippen LogP contribution >= 0.6 is 15.9 Å². The Morgan fingerprint density at radius 3 is 2.70 bits per heavy atom. The molecule has 0 amide bonds. The van der Waals surface area contributed by atoms with Gasteiger partial charge in [-0.2, -0.15) is 0 Å². The molecule has 2 rings (SSSR count). The Balaban J connectivity index is 2.06. The molecule has 0 bridgehead atoms. The SMILES string of the molecule is CN1CCC(N(C)Cc2cccc([N+](=O)[O-])c2Br)CC1. The fourth-order valence-corrected chi connectivity index (χ4v) is 3.20. The first kappa shape index (κ1) is 15.4. The van der Waals surface area contributed by atoms with E-state index in [0.717, 1.165) is 38.0 Å². The highest BCUT2D eigenvalue weighted by Crippen LogP contribution is 2.29. The molecule has 0 aliphatic carbocycles. The summed E-state index contributed by atoms with van der Waals surface area (Å²) < 4.78 is 0.602. The number of hydrogen-bond donors (Lipinski definition) is 0. The van der Waals surface area contributed by atoms with Crippen molar-refractivity contribution >= 4 is 21.6 Å². The molecule has 5 nitrogen and oxygen atoms in total. The van der Waals surface area contributed by atoms with Crippen LogP contribution in [0.3, 0.4) is 0 Å². The second kappa shape index (κ2) is 6.65. The molecule has 1 aromatic carbocycles. The van der Waals surface area contributed by atoms with Crippen molar-refractivity contribution in [3.8, 4) is 0 Å². The molecule has 20 heavy (non-hydrogen) atoms. The molecule has 1 aliphatic heterocycles. The normalized spacial score (nSPS) is 17.6. The Hall–Kier alpha value is -0.980. The van der Waals surface area contributed by atoms with E-state index in [2.05, 4.69) is 39.8 Å². The van der Waals surface area contributed by atoms with E-state index in [1.165, 1.54) is 6.07 Å². The number of nitrogens with zero attached hydrogens (tertiary/aromatic N) is 3. The van der Waals surface area contributed by atoms with Gasteiger partial charge < -0.3 is 4.90 Å². The zero-order valence-corrected chi connectivity index (χ0v) is 13.5. The number of hydrogen-bond acceptors (Lipinski definition) is 4. The van der Waals surface area contributed by atoms with Crippen LogP contribution in [0.25, 0.3) is 0 Å². The van der Waals surface area contributed by atoms with Crippen molar-refractivity contribution in [1.82, 2.24) is 9.80 Å². The lowest BCUT2D eigenvalue weighted by molar-refractivity contribution is -0.385. The smallest absolute Gasteiger partial charge is 0.283 e. The summed E-state index contributed by atoms with van der Waals surface area (Å²) in [6, 6.07) is 5.78. The van der Waals surface area contributed by atoms with Gasteiger partial charge in [-0.15, -0.1) is 0 Å². The summed E-state index contributed by atoms with van der Waals surface area (Å²) in [6.07, 6.45) is 2.30. The molecule has 1 aliphatic rings. The van der Waals surface area contributed by atoms with E-state index in [1.54, 1.807) is 6.07 Å². The Morgan fingerprint density at radius 1 is 1.45 bits per heavy atom. The molecular formula is C14H20BrN3O2. The number of nitro benzene ring substituents is 1. The number of piperidine rings is 1. The lowest BCUT2D eigenvalue weighted by Crippen LogP contribution is -2.41. The quantitative estimate of drug-likeness (QED) is 0.624. The van der Waals surface area contributed by atoms with E-state index in [-0.39, 0.29) is 10.6 Å². The van der Waals surface area contributed by atoms with Crippen molar-refractivity contribution in [2.45, 2.75) is 25.4 Å². The molecule has 1 aromatic rings. The minimum atomic E-state index is -0.344. The summed E-state index contributed by atoms with van der Waals surface area (Å²) in [5.74, 6) is 0. The molecule has 110 valence electrons. The van der Waals surface area contributed by atoms with Crippen LogP contribution in [0.2, 0.25) is 0 Å². The predicted octanol–water partition coefficient (Wildman–Crippen LogP) is 2.88. The average molecular weight is 342 g/mol. The largest absolute Gasteiger partial charge is 0.306 e. The second-order valence-corrected chi connectivity index (χ2v) is 6.25. The molecule has 1 saturated heterocycles. The highest BCUT2D eigenvalue weighted by Gasteiger charge is 2.22. The Morgan fingerprint density at radius 2 is 2.10 bits per heavy atom. The maximum Gasteiger partial charge on any atom is 0.283 e. The summed E-state index contributed by atoms with van der Waals surface area (Å²) >= 11 is 3.37. The van der Waals surface area contributed by atoms with Crippen molar-refractivity contribution in [2.75, 3.05) is 27.2 Å². The lowest BCUT2D eigenvalue weighted by Gasteiger charge is -2.35. The van der Waals surface area contributed by atoms with E-state index in [0.29, 0.717) is 10.5 Å². The van der Waals surface area contributed by atoms with Crippen molar-refractivity contribution in [3.63, 3.8) is 0 Å². The van der Waals surface area contributed by atoms with Crippen molar-refractivity contribution in [1.29, 1.82) is 0 Å². The van der Waals surface area contributed by atoms with Crippen LogP contribution in [0.5, 0.6) is 0 Å². The van der Waals surface area contributed by atoms with Crippen LogP contribution in [-0.2, 0) is 6.54 Å². The third kappa shape index (κ3) is 3.56.